The van der Waals surface area contributed by atoms with Crippen molar-refractivity contribution in [1.82, 2.24) is 0 Å². The first-order valence-corrected chi connectivity index (χ1v) is 6.61. The summed E-state index contributed by atoms with van der Waals surface area (Å²) >= 11 is 0. The molecular weight excluding hydrogens is 204 g/mol. The summed E-state index contributed by atoms with van der Waals surface area (Å²) in [6.45, 7) is 3.66. The lowest BCUT2D eigenvalue weighted by atomic mass is 10.2. The van der Waals surface area contributed by atoms with Crippen molar-refractivity contribution in [3.63, 3.8) is 0 Å². The maximum Gasteiger partial charge on any atom is 0.321 e. The Hall–Kier alpha value is -0.580. The molecule has 1 atom stereocenters. The molecule has 5 heteroatoms. The number of carbonyl (C=O) groups is 1. The van der Waals surface area contributed by atoms with E-state index in [2.05, 4.69) is 0 Å². The first kappa shape index (κ1) is 13.4. The number of hydrogen-bond donors (Lipinski definition) is 1. The summed E-state index contributed by atoms with van der Waals surface area (Å²) in [7, 11) is -3.45. The number of hydrogen-bond acceptors (Lipinski definition) is 3. The topological polar surface area (TPSA) is 71.4 Å². The van der Waals surface area contributed by atoms with Crippen LogP contribution in [0.1, 0.15) is 39.5 Å². The summed E-state index contributed by atoms with van der Waals surface area (Å²) in [5, 5.41) is 7.55. The zero-order valence-corrected chi connectivity index (χ0v) is 9.51. The largest absolute Gasteiger partial charge is 0.480 e. The molecule has 1 N–H and O–H groups in total. The number of carboxylic acid groups (broad SMARTS) is 1. The molecule has 0 saturated carbocycles. The standard InChI is InChI=1S/C9H18O4S/c1-3-5-7-14(12,13)8(6-4-2)9(10)11/h8H,3-7H2,1-2H3,(H,10,11). The van der Waals surface area contributed by atoms with E-state index in [0.29, 0.717) is 12.8 Å². The van der Waals surface area contributed by atoms with Crippen LogP contribution in [0.5, 0.6) is 0 Å². The highest BCUT2D eigenvalue weighted by Crippen LogP contribution is 2.11. The molecule has 0 radical (unpaired) electrons. The highest BCUT2D eigenvalue weighted by atomic mass is 32.2. The fourth-order valence-electron chi connectivity index (χ4n) is 1.21. The molecule has 1 unspecified atom stereocenters. The van der Waals surface area contributed by atoms with Gasteiger partial charge in [0.2, 0.25) is 0 Å². The van der Waals surface area contributed by atoms with Crippen molar-refractivity contribution in [3.05, 3.63) is 0 Å². The molecule has 0 amide bonds. The summed E-state index contributed by atoms with van der Waals surface area (Å²) in [5.41, 5.74) is 0. The van der Waals surface area contributed by atoms with Crippen molar-refractivity contribution >= 4 is 15.8 Å². The molecule has 14 heavy (non-hydrogen) atoms. The molecule has 0 spiro atoms. The van der Waals surface area contributed by atoms with Crippen LogP contribution in [0.3, 0.4) is 0 Å². The lowest BCUT2D eigenvalue weighted by Gasteiger charge is -2.11. The Morgan fingerprint density at radius 2 is 1.86 bits per heavy atom. The van der Waals surface area contributed by atoms with Crippen LogP contribution >= 0.6 is 0 Å². The van der Waals surface area contributed by atoms with Gasteiger partial charge in [0.15, 0.2) is 15.1 Å². The van der Waals surface area contributed by atoms with Gasteiger partial charge in [-0.1, -0.05) is 26.7 Å². The molecule has 0 aromatic heterocycles. The monoisotopic (exact) mass is 222 g/mol. The maximum absolute atomic E-state index is 11.5. The second-order valence-corrected chi connectivity index (χ2v) is 5.64. The summed E-state index contributed by atoms with van der Waals surface area (Å²) in [6.07, 6.45) is 2.08. The van der Waals surface area contributed by atoms with Gasteiger partial charge in [0.25, 0.3) is 0 Å². The van der Waals surface area contributed by atoms with E-state index in [1.54, 1.807) is 6.92 Å². The van der Waals surface area contributed by atoms with Crippen LogP contribution in [-0.2, 0) is 14.6 Å². The predicted molar refractivity (Wildman–Crippen MR) is 55.0 cm³/mol. The van der Waals surface area contributed by atoms with Gasteiger partial charge in [-0.15, -0.1) is 0 Å². The summed E-state index contributed by atoms with van der Waals surface area (Å²) < 4.78 is 23.1. The quantitative estimate of drug-likeness (QED) is 0.707. The molecule has 0 aromatic rings. The first-order valence-electron chi connectivity index (χ1n) is 4.90. The number of carboxylic acids is 1. The molecule has 0 aromatic carbocycles. The lowest BCUT2D eigenvalue weighted by Crippen LogP contribution is -2.31. The molecule has 0 aliphatic rings. The van der Waals surface area contributed by atoms with Crippen molar-refractivity contribution in [2.75, 3.05) is 5.75 Å². The molecule has 0 aliphatic heterocycles. The minimum Gasteiger partial charge on any atom is -0.480 e. The Bertz CT molecular complexity index is 269. The average molecular weight is 222 g/mol. The molecule has 0 aliphatic carbocycles. The van der Waals surface area contributed by atoms with Gasteiger partial charge in [-0.05, 0) is 12.8 Å². The first-order chi connectivity index (χ1) is 6.45. The van der Waals surface area contributed by atoms with E-state index in [9.17, 15) is 13.2 Å². The summed E-state index contributed by atoms with van der Waals surface area (Å²) in [5.74, 6) is -1.23. The maximum atomic E-state index is 11.5. The Balaban J connectivity index is 4.55. The Morgan fingerprint density at radius 3 is 2.21 bits per heavy atom. The summed E-state index contributed by atoms with van der Waals surface area (Å²) in [4.78, 5) is 10.7. The van der Waals surface area contributed by atoms with E-state index < -0.39 is 21.1 Å². The SMILES string of the molecule is CCCCS(=O)(=O)C(CCC)C(=O)O. The molecule has 0 bridgehead atoms. The van der Waals surface area contributed by atoms with Crippen molar-refractivity contribution in [2.45, 2.75) is 44.8 Å². The van der Waals surface area contributed by atoms with Gasteiger partial charge in [-0.2, -0.15) is 0 Å². The van der Waals surface area contributed by atoms with E-state index in [-0.39, 0.29) is 12.2 Å². The van der Waals surface area contributed by atoms with Gasteiger partial charge in [0.1, 0.15) is 0 Å². The van der Waals surface area contributed by atoms with E-state index >= 15 is 0 Å². The molecule has 0 heterocycles. The second kappa shape index (κ2) is 6.01. The Labute approximate surface area is 85.2 Å². The van der Waals surface area contributed by atoms with Gasteiger partial charge >= 0.3 is 5.97 Å². The number of rotatable bonds is 7. The van der Waals surface area contributed by atoms with Crippen LogP contribution < -0.4 is 0 Å². The molecule has 84 valence electrons. The van der Waals surface area contributed by atoms with Crippen molar-refractivity contribution < 1.29 is 18.3 Å². The Kier molecular flexibility index (Phi) is 5.76. The van der Waals surface area contributed by atoms with Gasteiger partial charge in [0.05, 0.1) is 5.75 Å². The second-order valence-electron chi connectivity index (χ2n) is 3.34. The smallest absolute Gasteiger partial charge is 0.321 e. The highest BCUT2D eigenvalue weighted by Gasteiger charge is 2.30. The number of unbranched alkanes of at least 4 members (excludes halogenated alkanes) is 1. The van der Waals surface area contributed by atoms with Gasteiger partial charge in [-0.25, -0.2) is 8.42 Å². The van der Waals surface area contributed by atoms with E-state index in [1.165, 1.54) is 0 Å². The van der Waals surface area contributed by atoms with E-state index in [0.717, 1.165) is 6.42 Å². The Morgan fingerprint density at radius 1 is 1.29 bits per heavy atom. The minimum atomic E-state index is -3.45. The van der Waals surface area contributed by atoms with E-state index in [1.807, 2.05) is 6.92 Å². The van der Waals surface area contributed by atoms with Crippen molar-refractivity contribution in [1.29, 1.82) is 0 Å². The van der Waals surface area contributed by atoms with Crippen molar-refractivity contribution in [2.24, 2.45) is 0 Å². The van der Waals surface area contributed by atoms with Crippen LogP contribution in [0, 0.1) is 0 Å². The zero-order chi connectivity index (χ0) is 11.2. The third kappa shape index (κ3) is 4.09. The van der Waals surface area contributed by atoms with Crippen LogP contribution in [0.4, 0.5) is 0 Å². The van der Waals surface area contributed by atoms with Crippen LogP contribution in [-0.4, -0.2) is 30.5 Å². The lowest BCUT2D eigenvalue weighted by molar-refractivity contribution is -0.136. The normalized spacial score (nSPS) is 13.9. The zero-order valence-electron chi connectivity index (χ0n) is 8.69. The van der Waals surface area contributed by atoms with Gasteiger partial charge < -0.3 is 5.11 Å². The van der Waals surface area contributed by atoms with Crippen LogP contribution in [0.15, 0.2) is 0 Å². The van der Waals surface area contributed by atoms with Gasteiger partial charge in [-0.3, -0.25) is 4.79 Å². The fraction of sp³-hybridized carbons (Fsp3) is 0.889. The molecule has 0 rings (SSSR count). The van der Waals surface area contributed by atoms with E-state index in [4.69, 9.17) is 5.11 Å². The molecule has 0 fully saturated rings. The predicted octanol–water partition coefficient (Wildman–Crippen LogP) is 1.45. The minimum absolute atomic E-state index is 0.0134. The third-order valence-corrected chi connectivity index (χ3v) is 4.20. The molecule has 0 saturated heterocycles. The number of sulfone groups is 1. The molecule has 4 nitrogen and oxygen atoms in total. The van der Waals surface area contributed by atoms with Crippen LogP contribution in [0.25, 0.3) is 0 Å². The molecular formula is C9H18O4S. The average Bonchev–Trinajstić information content (AvgIpc) is 2.10. The van der Waals surface area contributed by atoms with Crippen LogP contribution in [0.2, 0.25) is 0 Å². The summed E-state index contributed by atoms with van der Waals surface area (Å²) in [6, 6.07) is 0. The highest BCUT2D eigenvalue weighted by molar-refractivity contribution is 7.92. The number of aliphatic carboxylic acids is 1. The third-order valence-electron chi connectivity index (χ3n) is 2.04. The van der Waals surface area contributed by atoms with Crippen molar-refractivity contribution in [3.8, 4) is 0 Å². The fourth-order valence-corrected chi connectivity index (χ4v) is 3.08. The van der Waals surface area contributed by atoms with Gasteiger partial charge in [0, 0.05) is 0 Å².